The van der Waals surface area contributed by atoms with Crippen LogP contribution in [0.2, 0.25) is 0 Å². The third-order valence-electron chi connectivity index (χ3n) is 9.03. The Morgan fingerprint density at radius 3 is 1.44 bits per heavy atom. The molecule has 0 unspecified atom stereocenters. The van der Waals surface area contributed by atoms with E-state index in [2.05, 4.69) is 114 Å². The zero-order chi connectivity index (χ0) is 32.3. The Balaban J connectivity index is 1.63. The number of hydrogen-bond acceptors (Lipinski definition) is 6. The number of ether oxygens (including phenoxy) is 2. The summed E-state index contributed by atoms with van der Waals surface area (Å²) in [6, 6.07) is 3.17. The summed E-state index contributed by atoms with van der Waals surface area (Å²) in [5.41, 5.74) is -0.542. The molecule has 2 aliphatic rings. The normalized spacial score (nSPS) is 20.6. The summed E-state index contributed by atoms with van der Waals surface area (Å²) < 4.78 is 11.8. The van der Waals surface area contributed by atoms with Crippen LogP contribution in [0.3, 0.4) is 0 Å². The van der Waals surface area contributed by atoms with Crippen molar-refractivity contribution in [1.82, 2.24) is 9.80 Å². The summed E-state index contributed by atoms with van der Waals surface area (Å²) in [6.07, 6.45) is 14.7. The van der Waals surface area contributed by atoms with Crippen LogP contribution in [0, 0.1) is 48.0 Å². The van der Waals surface area contributed by atoms with E-state index in [0.29, 0.717) is 25.7 Å². The van der Waals surface area contributed by atoms with Crippen LogP contribution in [0.15, 0.2) is 0 Å². The quantitative estimate of drug-likeness (QED) is 0.156. The van der Waals surface area contributed by atoms with Crippen molar-refractivity contribution in [2.45, 2.75) is 167 Å². The van der Waals surface area contributed by atoms with E-state index in [-0.39, 0.29) is 46.3 Å². The average molecular weight is 591 g/mol. The van der Waals surface area contributed by atoms with Gasteiger partial charge in [0.1, 0.15) is 12.2 Å². The Hall–Kier alpha value is -3.06. The molecule has 0 amide bonds. The molecular formula is C37H54N2O4. The highest BCUT2D eigenvalue weighted by Gasteiger charge is 2.46. The smallest absolute Gasteiger partial charge is 0.306 e. The van der Waals surface area contributed by atoms with E-state index in [4.69, 9.17) is 15.9 Å². The fraction of sp³-hybridized carbons (Fsp3) is 0.730. The summed E-state index contributed by atoms with van der Waals surface area (Å²) in [5.74, 6) is 15.3. The molecule has 0 aromatic heterocycles. The Bertz CT molecular complexity index is 1170. The van der Waals surface area contributed by atoms with Gasteiger partial charge in [-0.25, -0.2) is 0 Å². The lowest BCUT2D eigenvalue weighted by Gasteiger charge is -2.53. The van der Waals surface area contributed by atoms with Gasteiger partial charge >= 0.3 is 11.9 Å². The number of carbonyl (C=O) groups excluding carboxylic acids is 2. The minimum absolute atomic E-state index is 0.00838. The highest BCUT2D eigenvalue weighted by Crippen LogP contribution is 2.40. The summed E-state index contributed by atoms with van der Waals surface area (Å²) in [7, 11) is 2.16. The first kappa shape index (κ1) is 36.1. The minimum atomic E-state index is -0.279. The topological polar surface area (TPSA) is 59.1 Å². The summed E-state index contributed by atoms with van der Waals surface area (Å²) in [5, 5.41) is 0. The molecule has 6 nitrogen and oxygen atoms in total. The molecule has 0 N–H and O–H groups in total. The van der Waals surface area contributed by atoms with Gasteiger partial charge in [-0.3, -0.25) is 14.5 Å². The minimum Gasteiger partial charge on any atom is -0.462 e. The number of likely N-dealkylation sites (tertiary alicyclic amines) is 2. The lowest BCUT2D eigenvalue weighted by atomic mass is 9.78. The van der Waals surface area contributed by atoms with Crippen LogP contribution in [0.1, 0.15) is 132 Å². The lowest BCUT2D eigenvalue weighted by Crippen LogP contribution is -2.60. The largest absolute Gasteiger partial charge is 0.462 e. The van der Waals surface area contributed by atoms with Gasteiger partial charge in [-0.05, 0) is 93.0 Å². The van der Waals surface area contributed by atoms with Gasteiger partial charge < -0.3 is 14.4 Å². The number of esters is 2. The predicted octanol–water partition coefficient (Wildman–Crippen LogP) is 6.47. The molecule has 0 spiro atoms. The standard InChI is InChI=1S/C37H54N2O4/c1-11-12-13-14-19-22-25-39-36(6,7)28-31(29-37(39,8)9)43-33(41)24-21-18-16-15-17-20-23-32(40)42-30-26-34(2,3)38(10)35(4,5)27-30/h1,30-31H,15-18,20-21,23-24,26-29H2,2-10H3. The van der Waals surface area contributed by atoms with Gasteiger partial charge in [-0.15, -0.1) is 6.42 Å². The molecule has 2 fully saturated rings. The van der Waals surface area contributed by atoms with Gasteiger partial charge in [0.25, 0.3) is 0 Å². The van der Waals surface area contributed by atoms with E-state index in [9.17, 15) is 9.59 Å². The molecule has 2 saturated heterocycles. The number of nitrogens with zero attached hydrogens (tertiary/aromatic N) is 2. The molecular weight excluding hydrogens is 536 g/mol. The van der Waals surface area contributed by atoms with E-state index in [0.717, 1.165) is 51.4 Å². The third-order valence-corrected chi connectivity index (χ3v) is 9.03. The van der Waals surface area contributed by atoms with Crippen molar-refractivity contribution in [3.8, 4) is 48.0 Å². The molecule has 0 aliphatic carbocycles. The Labute approximate surface area is 262 Å². The molecule has 0 bridgehead atoms. The predicted molar refractivity (Wildman–Crippen MR) is 173 cm³/mol. The molecule has 2 heterocycles. The van der Waals surface area contributed by atoms with Crippen molar-refractivity contribution < 1.29 is 19.1 Å². The first-order valence-electron chi connectivity index (χ1n) is 15.9. The molecule has 0 radical (unpaired) electrons. The molecule has 2 rings (SSSR count). The average Bonchev–Trinajstić information content (AvgIpc) is 2.86. The van der Waals surface area contributed by atoms with E-state index in [1.165, 1.54) is 0 Å². The number of carbonyl (C=O) groups is 2. The number of terminal acetylenes is 1. The maximum Gasteiger partial charge on any atom is 0.306 e. The van der Waals surface area contributed by atoms with Crippen molar-refractivity contribution >= 4 is 11.9 Å². The highest BCUT2D eigenvalue weighted by atomic mass is 16.5. The summed E-state index contributed by atoms with van der Waals surface area (Å²) in [6.45, 7) is 17.3. The second-order valence-electron chi connectivity index (χ2n) is 14.7. The second-order valence-corrected chi connectivity index (χ2v) is 14.7. The van der Waals surface area contributed by atoms with Gasteiger partial charge in [0.2, 0.25) is 0 Å². The number of rotatable bonds is 11. The molecule has 0 aromatic rings. The van der Waals surface area contributed by atoms with Crippen molar-refractivity contribution in [3.63, 3.8) is 0 Å². The van der Waals surface area contributed by atoms with Crippen LogP contribution < -0.4 is 0 Å². The van der Waals surface area contributed by atoms with E-state index in [1.54, 1.807) is 0 Å². The van der Waals surface area contributed by atoms with Crippen molar-refractivity contribution in [2.75, 3.05) is 7.05 Å². The van der Waals surface area contributed by atoms with Crippen LogP contribution in [0.25, 0.3) is 0 Å². The van der Waals surface area contributed by atoms with Crippen molar-refractivity contribution in [1.29, 1.82) is 0 Å². The van der Waals surface area contributed by atoms with Gasteiger partial charge in [0.15, 0.2) is 0 Å². The second kappa shape index (κ2) is 15.6. The van der Waals surface area contributed by atoms with E-state index in [1.807, 2.05) is 0 Å². The zero-order valence-corrected chi connectivity index (χ0v) is 28.2. The Morgan fingerprint density at radius 2 is 1.00 bits per heavy atom. The SMILES string of the molecule is C#CC#CC#CC#CN1C(C)(C)CC(OC(=O)CCCCCCCCC(=O)OC2CC(C)(C)N(C)C(C)(C)C2)CC1(C)C. The maximum atomic E-state index is 12.6. The van der Waals surface area contributed by atoms with Gasteiger partial charge in [0, 0.05) is 84.5 Å². The molecule has 0 saturated carbocycles. The van der Waals surface area contributed by atoms with E-state index < -0.39 is 0 Å². The van der Waals surface area contributed by atoms with Gasteiger partial charge in [-0.2, -0.15) is 0 Å². The lowest BCUT2D eigenvalue weighted by molar-refractivity contribution is -0.159. The van der Waals surface area contributed by atoms with Crippen LogP contribution in [0.5, 0.6) is 0 Å². The summed E-state index contributed by atoms with van der Waals surface area (Å²) >= 11 is 0. The first-order chi connectivity index (χ1) is 20.0. The molecule has 236 valence electrons. The van der Waals surface area contributed by atoms with Gasteiger partial charge in [0.05, 0.1) is 0 Å². The fourth-order valence-corrected chi connectivity index (χ4v) is 6.89. The molecule has 43 heavy (non-hydrogen) atoms. The van der Waals surface area contributed by atoms with Crippen LogP contribution in [-0.2, 0) is 19.1 Å². The monoisotopic (exact) mass is 590 g/mol. The number of piperidine rings is 2. The van der Waals surface area contributed by atoms with Crippen molar-refractivity contribution in [2.24, 2.45) is 0 Å². The molecule has 2 aliphatic heterocycles. The molecule has 0 atom stereocenters. The molecule has 6 heteroatoms. The van der Waals surface area contributed by atoms with Crippen LogP contribution in [0.4, 0.5) is 0 Å². The Kier molecular flexibility index (Phi) is 13.1. The number of hydrogen-bond donors (Lipinski definition) is 0. The first-order valence-corrected chi connectivity index (χ1v) is 15.9. The zero-order valence-electron chi connectivity index (χ0n) is 28.2. The van der Waals surface area contributed by atoms with Gasteiger partial charge in [-0.1, -0.05) is 25.7 Å². The third kappa shape index (κ3) is 11.5. The molecule has 0 aromatic carbocycles. The Morgan fingerprint density at radius 1 is 0.628 bits per heavy atom. The fourth-order valence-electron chi connectivity index (χ4n) is 6.89. The van der Waals surface area contributed by atoms with Crippen LogP contribution >= 0.6 is 0 Å². The highest BCUT2D eigenvalue weighted by molar-refractivity contribution is 5.70. The number of unbranched alkanes of at least 4 members (excludes halogenated alkanes) is 5. The van der Waals surface area contributed by atoms with Crippen LogP contribution in [-0.4, -0.2) is 63.1 Å². The van der Waals surface area contributed by atoms with Crippen molar-refractivity contribution in [3.05, 3.63) is 0 Å². The maximum absolute atomic E-state index is 12.6. The summed E-state index contributed by atoms with van der Waals surface area (Å²) in [4.78, 5) is 29.6. The van der Waals surface area contributed by atoms with E-state index >= 15 is 0 Å².